The first-order valence-electron chi connectivity index (χ1n) is 12.1. The second-order valence-electron chi connectivity index (χ2n) is 8.96. The molecule has 6 nitrogen and oxygen atoms in total. The topological polar surface area (TPSA) is 63.6 Å². The zero-order valence-electron chi connectivity index (χ0n) is 21.3. The van der Waals surface area contributed by atoms with Crippen molar-refractivity contribution in [3.63, 3.8) is 0 Å². The van der Waals surface area contributed by atoms with Crippen molar-refractivity contribution in [2.75, 3.05) is 18.4 Å². The molecule has 192 valence electrons. The molecule has 0 saturated heterocycles. The van der Waals surface area contributed by atoms with E-state index in [1.165, 1.54) is 4.90 Å². The first-order chi connectivity index (χ1) is 17.7. The van der Waals surface area contributed by atoms with E-state index in [4.69, 9.17) is 4.74 Å². The van der Waals surface area contributed by atoms with Gasteiger partial charge in [-0.2, -0.15) is 0 Å². The maximum Gasteiger partial charge on any atom is 0.415 e. The Hall–Kier alpha value is -4.20. The molecule has 0 bridgehead atoms. The van der Waals surface area contributed by atoms with Crippen molar-refractivity contribution in [2.24, 2.45) is 0 Å². The SMILES string of the molecule is CCN(CC)C(=O)Oc1ccc2c(ccn2Cc2cc(C)cc(C)c2)c1NC(=O)c1cc(F)cc(F)c1. The van der Waals surface area contributed by atoms with Crippen LogP contribution < -0.4 is 10.1 Å². The summed E-state index contributed by atoms with van der Waals surface area (Å²) in [6, 6.07) is 14.2. The molecule has 4 aromatic rings. The van der Waals surface area contributed by atoms with E-state index in [-0.39, 0.29) is 17.0 Å². The number of ether oxygens (including phenoxy) is 1. The van der Waals surface area contributed by atoms with E-state index in [1.807, 2.05) is 50.6 Å². The van der Waals surface area contributed by atoms with Crippen LogP contribution in [0, 0.1) is 25.5 Å². The molecule has 0 spiro atoms. The first kappa shape index (κ1) is 25.9. The van der Waals surface area contributed by atoms with Crippen LogP contribution in [-0.4, -0.2) is 34.6 Å². The summed E-state index contributed by atoms with van der Waals surface area (Å²) in [6.07, 6.45) is 1.32. The van der Waals surface area contributed by atoms with Crippen molar-refractivity contribution >= 4 is 28.6 Å². The van der Waals surface area contributed by atoms with Crippen molar-refractivity contribution < 1.29 is 23.1 Å². The highest BCUT2D eigenvalue weighted by atomic mass is 19.1. The van der Waals surface area contributed by atoms with Crippen LogP contribution in [0.15, 0.2) is 60.8 Å². The number of aryl methyl sites for hydroxylation is 2. The normalized spacial score (nSPS) is 11.0. The fraction of sp³-hybridized carbons (Fsp3) is 0.241. The lowest BCUT2D eigenvalue weighted by Gasteiger charge is -2.20. The number of nitrogens with zero attached hydrogens (tertiary/aromatic N) is 2. The van der Waals surface area contributed by atoms with Crippen LogP contribution in [-0.2, 0) is 6.54 Å². The number of amides is 2. The van der Waals surface area contributed by atoms with E-state index in [9.17, 15) is 18.4 Å². The minimum Gasteiger partial charge on any atom is -0.408 e. The number of halogens is 2. The van der Waals surface area contributed by atoms with Gasteiger partial charge in [0.1, 0.15) is 11.6 Å². The van der Waals surface area contributed by atoms with E-state index >= 15 is 0 Å². The summed E-state index contributed by atoms with van der Waals surface area (Å²) in [5.41, 5.74) is 4.28. The summed E-state index contributed by atoms with van der Waals surface area (Å²) >= 11 is 0. The number of hydrogen-bond donors (Lipinski definition) is 1. The third kappa shape index (κ3) is 5.80. The van der Waals surface area contributed by atoms with Crippen LogP contribution in [0.25, 0.3) is 10.9 Å². The molecule has 4 rings (SSSR count). The van der Waals surface area contributed by atoms with Gasteiger partial charge in [0, 0.05) is 42.8 Å². The highest BCUT2D eigenvalue weighted by Gasteiger charge is 2.20. The van der Waals surface area contributed by atoms with Gasteiger partial charge in [0.15, 0.2) is 5.75 Å². The minimum atomic E-state index is -0.865. The predicted octanol–water partition coefficient (Wildman–Crippen LogP) is 6.68. The second kappa shape index (κ2) is 10.8. The summed E-state index contributed by atoms with van der Waals surface area (Å²) in [4.78, 5) is 27.2. The molecule has 2 amide bonds. The molecule has 0 radical (unpaired) electrons. The maximum absolute atomic E-state index is 13.8. The van der Waals surface area contributed by atoms with E-state index in [1.54, 1.807) is 6.07 Å². The Morgan fingerprint density at radius 2 is 1.57 bits per heavy atom. The third-order valence-corrected chi connectivity index (χ3v) is 6.13. The Morgan fingerprint density at radius 1 is 0.919 bits per heavy atom. The van der Waals surface area contributed by atoms with E-state index in [2.05, 4.69) is 23.5 Å². The number of carbonyl (C=O) groups excluding carboxylic acids is 2. The minimum absolute atomic E-state index is 0.138. The number of nitrogens with one attached hydrogen (secondary N) is 1. The molecule has 37 heavy (non-hydrogen) atoms. The number of carbonyl (C=O) groups is 2. The molecule has 0 aliphatic carbocycles. The molecule has 0 unspecified atom stereocenters. The molecule has 3 aromatic carbocycles. The molecule has 1 aromatic heterocycles. The number of hydrogen-bond acceptors (Lipinski definition) is 3. The predicted molar refractivity (Wildman–Crippen MR) is 140 cm³/mol. The molecular weight excluding hydrogens is 476 g/mol. The van der Waals surface area contributed by atoms with Gasteiger partial charge in [0.05, 0.1) is 11.2 Å². The standard InChI is InChI=1S/C29H29F2N3O3/c1-5-33(6-2)29(36)37-26-8-7-25-24(9-10-34(25)17-20-12-18(3)11-19(4)13-20)27(26)32-28(35)21-14-22(30)16-23(31)15-21/h7-16H,5-6,17H2,1-4H3,(H,32,35). The molecule has 0 fully saturated rings. The van der Waals surface area contributed by atoms with Crippen LogP contribution in [0.1, 0.15) is 40.9 Å². The smallest absolute Gasteiger partial charge is 0.408 e. The van der Waals surface area contributed by atoms with Crippen molar-refractivity contribution in [3.05, 3.63) is 94.7 Å². The van der Waals surface area contributed by atoms with Gasteiger partial charge < -0.3 is 19.5 Å². The lowest BCUT2D eigenvalue weighted by molar-refractivity contribution is 0.102. The van der Waals surface area contributed by atoms with Crippen molar-refractivity contribution in [3.8, 4) is 5.75 Å². The van der Waals surface area contributed by atoms with Gasteiger partial charge in [0.2, 0.25) is 0 Å². The average molecular weight is 506 g/mol. The summed E-state index contributed by atoms with van der Waals surface area (Å²) in [5.74, 6) is -2.32. The van der Waals surface area contributed by atoms with E-state index < -0.39 is 23.6 Å². The lowest BCUT2D eigenvalue weighted by Crippen LogP contribution is -2.33. The van der Waals surface area contributed by atoms with Crippen molar-refractivity contribution in [2.45, 2.75) is 34.2 Å². The average Bonchev–Trinajstić information content (AvgIpc) is 3.22. The summed E-state index contributed by atoms with van der Waals surface area (Å²) in [6.45, 7) is 9.26. The highest BCUT2D eigenvalue weighted by molar-refractivity contribution is 6.10. The van der Waals surface area contributed by atoms with Gasteiger partial charge in [-0.05, 0) is 63.6 Å². The molecule has 0 aliphatic rings. The Kier molecular flexibility index (Phi) is 7.57. The first-order valence-corrected chi connectivity index (χ1v) is 12.1. The van der Waals surface area contributed by atoms with Crippen molar-refractivity contribution in [1.82, 2.24) is 9.47 Å². The summed E-state index contributed by atoms with van der Waals surface area (Å²) < 4.78 is 35.2. The molecule has 0 aliphatic heterocycles. The Balaban J connectivity index is 1.76. The Bertz CT molecular complexity index is 1430. The molecule has 1 N–H and O–H groups in total. The van der Waals surface area contributed by atoms with Gasteiger partial charge in [0.25, 0.3) is 5.91 Å². The number of aromatic nitrogens is 1. The van der Waals surface area contributed by atoms with Crippen LogP contribution in [0.5, 0.6) is 5.75 Å². The van der Waals surface area contributed by atoms with Gasteiger partial charge >= 0.3 is 6.09 Å². The van der Waals surface area contributed by atoms with Crippen LogP contribution in [0.4, 0.5) is 19.3 Å². The monoisotopic (exact) mass is 505 g/mol. The molecular formula is C29H29F2N3O3. The third-order valence-electron chi connectivity index (χ3n) is 6.13. The van der Waals surface area contributed by atoms with Gasteiger partial charge in [-0.3, -0.25) is 4.79 Å². The van der Waals surface area contributed by atoms with E-state index in [0.717, 1.165) is 34.3 Å². The largest absolute Gasteiger partial charge is 0.415 e. The Morgan fingerprint density at radius 3 is 2.19 bits per heavy atom. The molecule has 0 saturated carbocycles. The second-order valence-corrected chi connectivity index (χ2v) is 8.96. The van der Waals surface area contributed by atoms with Crippen LogP contribution in [0.2, 0.25) is 0 Å². The molecule has 1 heterocycles. The van der Waals surface area contributed by atoms with Crippen LogP contribution in [0.3, 0.4) is 0 Å². The van der Waals surface area contributed by atoms with Gasteiger partial charge in [-0.1, -0.05) is 29.3 Å². The quantitative estimate of drug-likeness (QED) is 0.305. The zero-order valence-corrected chi connectivity index (χ0v) is 21.3. The lowest BCUT2D eigenvalue weighted by atomic mass is 10.1. The molecule has 0 atom stereocenters. The fourth-order valence-corrected chi connectivity index (χ4v) is 4.47. The number of rotatable bonds is 7. The maximum atomic E-state index is 13.8. The summed E-state index contributed by atoms with van der Waals surface area (Å²) in [5, 5.41) is 3.34. The van der Waals surface area contributed by atoms with Gasteiger partial charge in [-0.15, -0.1) is 0 Å². The highest BCUT2D eigenvalue weighted by Crippen LogP contribution is 2.35. The zero-order chi connectivity index (χ0) is 26.7. The fourth-order valence-electron chi connectivity index (χ4n) is 4.47. The number of anilines is 1. The molecule has 8 heteroatoms. The number of fused-ring (bicyclic) bond motifs is 1. The Labute approximate surface area is 214 Å². The van der Waals surface area contributed by atoms with E-state index in [0.29, 0.717) is 31.1 Å². The van der Waals surface area contributed by atoms with Gasteiger partial charge in [-0.25, -0.2) is 13.6 Å². The van der Waals surface area contributed by atoms with Crippen LogP contribution >= 0.6 is 0 Å². The number of benzene rings is 3. The van der Waals surface area contributed by atoms with Crippen molar-refractivity contribution in [1.29, 1.82) is 0 Å². The summed E-state index contributed by atoms with van der Waals surface area (Å²) in [7, 11) is 0.